The molecule has 0 aliphatic carbocycles. The molecule has 0 aromatic carbocycles. The van der Waals surface area contributed by atoms with Crippen molar-refractivity contribution < 1.29 is 17.9 Å². The molecule has 1 aromatic rings. The summed E-state index contributed by atoms with van der Waals surface area (Å²) in [5.74, 6) is -0.174. The highest BCUT2D eigenvalue weighted by atomic mass is 32.2. The minimum Gasteiger partial charge on any atom is -0.465 e. The lowest BCUT2D eigenvalue weighted by Crippen LogP contribution is -2.17. The number of nitrogens with zero attached hydrogens (tertiary/aromatic N) is 3. The van der Waals surface area contributed by atoms with Crippen molar-refractivity contribution in [1.29, 1.82) is 0 Å². The average Bonchev–Trinajstić information content (AvgIpc) is 2.73. The molecule has 1 rings (SSSR count). The van der Waals surface area contributed by atoms with Crippen molar-refractivity contribution in [3.63, 3.8) is 0 Å². The fourth-order valence-corrected chi connectivity index (χ4v) is 2.35. The third-order valence-electron chi connectivity index (χ3n) is 2.84. The normalized spacial score (nSPS) is 11.4. The number of carbonyl (C=O) groups is 1. The highest BCUT2D eigenvalue weighted by molar-refractivity contribution is 7.91. The Morgan fingerprint density at radius 3 is 2.50 bits per heavy atom. The minimum absolute atomic E-state index is 0.0541. The zero-order chi connectivity index (χ0) is 15.5. The van der Waals surface area contributed by atoms with E-state index in [0.717, 1.165) is 0 Å². The van der Waals surface area contributed by atoms with Crippen LogP contribution < -0.4 is 10.6 Å². The molecule has 0 saturated heterocycles. The fourth-order valence-electron chi connectivity index (χ4n) is 1.61. The number of carbonyl (C=O) groups excluding carboxylic acids is 1. The van der Waals surface area contributed by atoms with Gasteiger partial charge in [-0.05, 0) is 0 Å². The number of esters is 1. The van der Waals surface area contributed by atoms with E-state index in [9.17, 15) is 13.2 Å². The molecule has 0 bridgehead atoms. The maximum Gasteiger partial charge on any atom is 0.345 e. The van der Waals surface area contributed by atoms with Gasteiger partial charge in [0.15, 0.2) is 15.7 Å². The average molecular weight is 304 g/mol. The lowest BCUT2D eigenvalue weighted by atomic mass is 10.3. The summed E-state index contributed by atoms with van der Waals surface area (Å²) >= 11 is 0. The molecule has 9 heteroatoms. The summed E-state index contributed by atoms with van der Waals surface area (Å²) in [6.07, 6.45) is 0. The van der Waals surface area contributed by atoms with Crippen LogP contribution in [0.5, 0.6) is 0 Å². The summed E-state index contributed by atoms with van der Waals surface area (Å²) in [5.41, 5.74) is 6.01. The number of methoxy groups -OCH3 is 1. The van der Waals surface area contributed by atoms with E-state index >= 15 is 0 Å². The minimum atomic E-state index is -3.13. The van der Waals surface area contributed by atoms with Crippen LogP contribution in [0.3, 0.4) is 0 Å². The van der Waals surface area contributed by atoms with Crippen molar-refractivity contribution in [1.82, 2.24) is 9.78 Å². The lowest BCUT2D eigenvalue weighted by Gasteiger charge is -2.09. The van der Waals surface area contributed by atoms with Gasteiger partial charge in [-0.3, -0.25) is 0 Å². The van der Waals surface area contributed by atoms with Crippen LogP contribution >= 0.6 is 0 Å². The van der Waals surface area contributed by atoms with E-state index in [0.29, 0.717) is 5.82 Å². The Labute approximate surface area is 118 Å². The van der Waals surface area contributed by atoms with Gasteiger partial charge in [0.1, 0.15) is 11.4 Å². The van der Waals surface area contributed by atoms with Crippen LogP contribution in [0.15, 0.2) is 0 Å². The summed E-state index contributed by atoms with van der Waals surface area (Å²) < 4.78 is 29.0. The number of hydrogen-bond acceptors (Lipinski definition) is 7. The van der Waals surface area contributed by atoms with Gasteiger partial charge >= 0.3 is 5.97 Å². The molecule has 0 fully saturated rings. The highest BCUT2D eigenvalue weighted by Gasteiger charge is 2.24. The van der Waals surface area contributed by atoms with E-state index in [2.05, 4.69) is 9.84 Å². The number of ether oxygens (including phenoxy) is 1. The summed E-state index contributed by atoms with van der Waals surface area (Å²) in [5, 5.41) is 4.17. The molecule has 0 spiro atoms. The molecule has 1 aromatic heterocycles. The van der Waals surface area contributed by atoms with Crippen molar-refractivity contribution in [2.24, 2.45) is 0 Å². The standard InChI is InChI=1S/C11H20N4O4S/c1-5-20(17,18)7-6-15-9(12)8(11(16)19-4)10(13-15)14(2)3/h5-7,12H2,1-4H3. The topological polar surface area (TPSA) is 108 Å². The van der Waals surface area contributed by atoms with Crippen LogP contribution in [-0.2, 0) is 21.1 Å². The summed E-state index contributed by atoms with van der Waals surface area (Å²) in [6, 6.07) is 0. The Balaban J connectivity index is 3.14. The molecule has 0 aliphatic heterocycles. The second-order valence-electron chi connectivity index (χ2n) is 4.43. The van der Waals surface area contributed by atoms with Gasteiger partial charge in [0, 0.05) is 19.8 Å². The zero-order valence-electron chi connectivity index (χ0n) is 12.1. The van der Waals surface area contributed by atoms with Crippen molar-refractivity contribution in [3.05, 3.63) is 5.56 Å². The van der Waals surface area contributed by atoms with E-state index in [-0.39, 0.29) is 29.4 Å². The van der Waals surface area contributed by atoms with E-state index in [1.807, 2.05) is 0 Å². The third kappa shape index (κ3) is 3.41. The Bertz CT molecular complexity index is 592. The van der Waals surface area contributed by atoms with Crippen molar-refractivity contribution in [3.8, 4) is 0 Å². The van der Waals surface area contributed by atoms with Crippen LogP contribution in [0.25, 0.3) is 0 Å². The number of rotatable bonds is 6. The first-order chi connectivity index (χ1) is 9.23. The molecule has 0 amide bonds. The van der Waals surface area contributed by atoms with Gasteiger partial charge in [0.25, 0.3) is 0 Å². The molecule has 20 heavy (non-hydrogen) atoms. The molecule has 0 radical (unpaired) electrons. The number of sulfone groups is 1. The van der Waals surface area contributed by atoms with E-state index in [1.54, 1.807) is 25.9 Å². The molecule has 0 unspecified atom stereocenters. The Hall–Kier alpha value is -1.77. The molecule has 0 atom stereocenters. The highest BCUT2D eigenvalue weighted by Crippen LogP contribution is 2.24. The van der Waals surface area contributed by atoms with Crippen LogP contribution in [0, 0.1) is 0 Å². The third-order valence-corrected chi connectivity index (χ3v) is 4.52. The van der Waals surface area contributed by atoms with Crippen LogP contribution in [0.2, 0.25) is 0 Å². The van der Waals surface area contributed by atoms with Crippen LogP contribution in [-0.4, -0.2) is 56.9 Å². The lowest BCUT2D eigenvalue weighted by molar-refractivity contribution is 0.0602. The Morgan fingerprint density at radius 1 is 1.45 bits per heavy atom. The quantitative estimate of drug-likeness (QED) is 0.722. The van der Waals surface area contributed by atoms with Gasteiger partial charge in [0.05, 0.1) is 19.4 Å². The van der Waals surface area contributed by atoms with Gasteiger partial charge in [0.2, 0.25) is 0 Å². The largest absolute Gasteiger partial charge is 0.465 e. The van der Waals surface area contributed by atoms with Crippen LogP contribution in [0.1, 0.15) is 17.3 Å². The molecule has 2 N–H and O–H groups in total. The fraction of sp³-hybridized carbons (Fsp3) is 0.636. The van der Waals surface area contributed by atoms with Gasteiger partial charge < -0.3 is 15.4 Å². The molecule has 0 aliphatic rings. The first-order valence-corrected chi connectivity index (χ1v) is 7.88. The molecule has 114 valence electrons. The predicted octanol–water partition coefficient (Wildman–Crippen LogP) is -0.247. The SMILES string of the molecule is CCS(=O)(=O)CCn1nc(N(C)C)c(C(=O)OC)c1N. The molecular weight excluding hydrogens is 284 g/mol. The van der Waals surface area contributed by atoms with Crippen molar-refractivity contribution >= 4 is 27.4 Å². The predicted molar refractivity (Wildman–Crippen MR) is 76.6 cm³/mol. The Morgan fingerprint density at radius 2 is 2.05 bits per heavy atom. The molecule has 1 heterocycles. The number of hydrogen-bond donors (Lipinski definition) is 1. The van der Waals surface area contributed by atoms with Gasteiger partial charge in [-0.15, -0.1) is 0 Å². The first-order valence-electron chi connectivity index (χ1n) is 6.05. The summed E-state index contributed by atoms with van der Waals surface area (Å²) in [4.78, 5) is 13.3. The molecular formula is C11H20N4O4S. The summed E-state index contributed by atoms with van der Waals surface area (Å²) in [7, 11) is 1.54. The maximum absolute atomic E-state index is 11.7. The second-order valence-corrected chi connectivity index (χ2v) is 6.90. The maximum atomic E-state index is 11.7. The van der Waals surface area contributed by atoms with E-state index < -0.39 is 15.8 Å². The van der Waals surface area contributed by atoms with Gasteiger partial charge in [-0.25, -0.2) is 17.9 Å². The first kappa shape index (κ1) is 16.3. The Kier molecular flexibility index (Phi) is 4.98. The van der Waals surface area contributed by atoms with Crippen molar-refractivity contribution in [2.75, 3.05) is 43.3 Å². The smallest absolute Gasteiger partial charge is 0.345 e. The summed E-state index contributed by atoms with van der Waals surface area (Å²) in [6.45, 7) is 1.67. The number of anilines is 2. The number of nitrogen functional groups attached to an aromatic ring is 1. The molecule has 8 nitrogen and oxygen atoms in total. The van der Waals surface area contributed by atoms with Crippen molar-refractivity contribution in [2.45, 2.75) is 13.5 Å². The van der Waals surface area contributed by atoms with E-state index in [4.69, 9.17) is 5.73 Å². The van der Waals surface area contributed by atoms with E-state index in [1.165, 1.54) is 11.8 Å². The van der Waals surface area contributed by atoms with Gasteiger partial charge in [-0.1, -0.05) is 6.92 Å². The van der Waals surface area contributed by atoms with Gasteiger partial charge in [-0.2, -0.15) is 5.10 Å². The zero-order valence-corrected chi connectivity index (χ0v) is 12.9. The number of aryl methyl sites for hydroxylation is 1. The number of aromatic nitrogens is 2. The second kappa shape index (κ2) is 6.12. The monoisotopic (exact) mass is 304 g/mol. The van der Waals surface area contributed by atoms with Crippen LogP contribution in [0.4, 0.5) is 11.6 Å². The number of nitrogens with two attached hydrogens (primary N) is 1. The molecule has 0 saturated carbocycles.